The Morgan fingerprint density at radius 1 is 1.25 bits per heavy atom. The van der Waals surface area contributed by atoms with Gasteiger partial charge in [-0.25, -0.2) is 19.5 Å². The molecule has 23 heteroatoms. The second-order valence-corrected chi connectivity index (χ2v) is 14.2. The maximum Gasteiger partial charge on any atom is 0.387 e. The Morgan fingerprint density at radius 3 is 2.90 bits per heavy atom. The molecule has 0 amide bonds. The number of nitrogens with one attached hydrogen (secondary N) is 1. The molecule has 0 spiro atoms. The largest absolute Gasteiger partial charge is 0.387 e. The van der Waals surface area contributed by atoms with Crippen LogP contribution in [0.1, 0.15) is 12.1 Å². The molecule has 0 radical (unpaired) electrons. The molecule has 2 aliphatic rings. The number of aromatic amines is 1. The van der Waals surface area contributed by atoms with Gasteiger partial charge in [-0.3, -0.25) is 18.8 Å². The first-order valence-electron chi connectivity index (χ1n) is 11.4. The lowest BCUT2D eigenvalue weighted by molar-refractivity contribution is -0.0537. The summed E-state index contributed by atoms with van der Waals surface area (Å²) in [6.07, 6.45) is -2.81. The van der Waals surface area contributed by atoms with E-state index in [4.69, 9.17) is 40.4 Å². The van der Waals surface area contributed by atoms with Gasteiger partial charge in [0.05, 0.1) is 19.4 Å². The van der Waals surface area contributed by atoms with Gasteiger partial charge >= 0.3 is 13.5 Å². The molecular weight excluding hydrogens is 614 g/mol. The van der Waals surface area contributed by atoms with Gasteiger partial charge in [-0.1, -0.05) is 17.5 Å². The lowest BCUT2D eigenvalue weighted by Gasteiger charge is -2.23. The number of nitrogens with zero attached hydrogens (tertiary/aromatic N) is 8. The van der Waals surface area contributed by atoms with E-state index < -0.39 is 50.2 Å². The highest BCUT2D eigenvalue weighted by Gasteiger charge is 2.50. The van der Waals surface area contributed by atoms with Crippen molar-refractivity contribution in [1.82, 2.24) is 44.5 Å². The number of rotatable bonds is 1. The number of aromatic nitrogens is 9. The van der Waals surface area contributed by atoms with Crippen molar-refractivity contribution in [3.05, 3.63) is 28.7 Å². The third-order valence-electron chi connectivity index (χ3n) is 5.98. The van der Waals surface area contributed by atoms with Crippen molar-refractivity contribution in [3.63, 3.8) is 0 Å². The molecule has 6 rings (SSSR count). The summed E-state index contributed by atoms with van der Waals surface area (Å²) in [7, 11) is 0. The first-order valence-corrected chi connectivity index (χ1v) is 16.7. The molecule has 214 valence electrons. The Labute approximate surface area is 232 Å². The molecule has 5 N–H and O–H groups in total. The van der Waals surface area contributed by atoms with E-state index >= 15 is 0 Å². The number of nitrogens with two attached hydrogens (primary N) is 1. The fourth-order valence-corrected chi connectivity index (χ4v) is 6.74. The van der Waals surface area contributed by atoms with Crippen LogP contribution in [0.15, 0.2) is 17.3 Å². The second-order valence-electron chi connectivity index (χ2n) is 8.53. The molecule has 0 aromatic carbocycles. The summed E-state index contributed by atoms with van der Waals surface area (Å²) in [6.45, 7) is -8.88. The van der Waals surface area contributed by atoms with Crippen LogP contribution in [-0.4, -0.2) is 86.0 Å². The van der Waals surface area contributed by atoms with Gasteiger partial charge in [0.2, 0.25) is 5.95 Å². The Kier molecular flexibility index (Phi) is 7.24. The number of aliphatic hydroxyl groups is 1. The minimum Gasteiger partial charge on any atom is -0.387 e. The van der Waals surface area contributed by atoms with Crippen molar-refractivity contribution < 1.29 is 37.4 Å². The highest BCUT2D eigenvalue weighted by molar-refractivity contribution is 8.44. The number of thiol groups is 1. The number of ether oxygens (including phenoxy) is 1. The van der Waals surface area contributed by atoms with Crippen LogP contribution in [0.25, 0.3) is 22.3 Å². The van der Waals surface area contributed by atoms with E-state index in [9.17, 15) is 19.4 Å². The first kappa shape index (κ1) is 27.7. The maximum atomic E-state index is 13.4. The zero-order valence-corrected chi connectivity index (χ0v) is 23.4. The van der Waals surface area contributed by atoms with Gasteiger partial charge in [0.15, 0.2) is 23.0 Å². The van der Waals surface area contributed by atoms with E-state index in [0.717, 1.165) is 4.68 Å². The number of H-pyrrole nitrogens is 1. The van der Waals surface area contributed by atoms with Crippen molar-refractivity contribution in [2.45, 2.75) is 37.7 Å². The summed E-state index contributed by atoms with van der Waals surface area (Å²) in [5, 5.41) is 18.8. The molecule has 6 heterocycles. The molecule has 19 nitrogen and oxygen atoms in total. The maximum absolute atomic E-state index is 13.4. The van der Waals surface area contributed by atoms with Crippen molar-refractivity contribution in [2.24, 2.45) is 0 Å². The number of nitrogen functional groups attached to an aromatic ring is 1. The molecule has 6 atom stereocenters. The quantitative estimate of drug-likeness (QED) is 0.129. The van der Waals surface area contributed by atoms with E-state index in [-0.39, 0.29) is 42.7 Å². The molecule has 2 aliphatic heterocycles. The zero-order chi connectivity index (χ0) is 28.2. The first-order chi connectivity index (χ1) is 19.0. The fraction of sp³-hybridized carbons (Fsp3) is 0.471. The number of hydrogen-bond acceptors (Lipinski definition) is 16. The smallest absolute Gasteiger partial charge is 0.387 e. The summed E-state index contributed by atoms with van der Waals surface area (Å²) in [4.78, 5) is 41.7. The average Bonchev–Trinajstić information content (AvgIpc) is 3.55. The zero-order valence-electron chi connectivity index (χ0n) is 19.9. The third kappa shape index (κ3) is 5.30. The van der Waals surface area contributed by atoms with Gasteiger partial charge in [0, 0.05) is 6.54 Å². The molecule has 1 saturated heterocycles. The molecule has 40 heavy (non-hydrogen) atoms. The van der Waals surface area contributed by atoms with E-state index in [1.807, 2.05) is 0 Å². The van der Waals surface area contributed by atoms with Gasteiger partial charge in [0.25, 0.3) is 5.56 Å². The highest BCUT2D eigenvalue weighted by atomic mass is 32.7. The van der Waals surface area contributed by atoms with Crippen LogP contribution in [0.2, 0.25) is 0 Å². The van der Waals surface area contributed by atoms with Crippen LogP contribution < -0.4 is 11.3 Å². The van der Waals surface area contributed by atoms with Crippen molar-refractivity contribution >= 4 is 65.8 Å². The Morgan fingerprint density at radius 2 is 2.08 bits per heavy atom. The summed E-state index contributed by atoms with van der Waals surface area (Å²) in [5.74, 6) is 0.0260. The van der Waals surface area contributed by atoms with E-state index in [1.165, 1.54) is 12.5 Å². The number of fused-ring (bicyclic) bond motifs is 6. The topological polar surface area (TPSA) is 250 Å². The summed E-state index contributed by atoms with van der Waals surface area (Å²) in [5.41, 5.74) is 5.55. The van der Waals surface area contributed by atoms with Gasteiger partial charge in [-0.15, -0.1) is 5.10 Å². The SMILES string of the molecule is Nc1nc2c(nnn2[C@@H]2O[C@@H]3COP(O)(=S)OCCn4c(nc5cncnc54)COP(=O)(S)O[C@@H]2[C@@H]3O)c(=O)[nH]1. The Hall–Kier alpha value is -2.42. The minimum absolute atomic E-state index is 0.108. The molecule has 1 fully saturated rings. The normalized spacial score (nSPS) is 32.1. The molecular formula is C17H20N10O9P2S2. The second kappa shape index (κ2) is 10.4. The van der Waals surface area contributed by atoms with E-state index in [2.05, 4.69) is 47.5 Å². The van der Waals surface area contributed by atoms with Crippen molar-refractivity contribution in [1.29, 1.82) is 0 Å². The van der Waals surface area contributed by atoms with Crippen molar-refractivity contribution in [2.75, 3.05) is 18.9 Å². The predicted molar refractivity (Wildman–Crippen MR) is 140 cm³/mol. The Bertz CT molecular complexity index is 1750. The molecule has 4 aromatic rings. The van der Waals surface area contributed by atoms with Gasteiger partial charge in [0.1, 0.15) is 42.6 Å². The van der Waals surface area contributed by atoms with Crippen LogP contribution in [0.4, 0.5) is 5.95 Å². The fourth-order valence-electron chi connectivity index (χ4n) is 4.24. The number of hydrogen-bond donors (Lipinski definition) is 5. The lowest BCUT2D eigenvalue weighted by Crippen LogP contribution is -2.35. The van der Waals surface area contributed by atoms with Crippen LogP contribution in [0.5, 0.6) is 0 Å². The average molecular weight is 634 g/mol. The monoisotopic (exact) mass is 634 g/mol. The van der Waals surface area contributed by atoms with Gasteiger partial charge in [-0.2, -0.15) is 9.67 Å². The Balaban J connectivity index is 1.38. The third-order valence-corrected chi connectivity index (χ3v) is 9.19. The molecule has 0 saturated carbocycles. The minimum atomic E-state index is -4.25. The van der Waals surface area contributed by atoms with Crippen LogP contribution in [0, 0.1) is 0 Å². The van der Waals surface area contributed by atoms with Gasteiger partial charge in [-0.05, 0) is 11.8 Å². The van der Waals surface area contributed by atoms with Crippen molar-refractivity contribution in [3.8, 4) is 0 Å². The number of imidazole rings is 1. The summed E-state index contributed by atoms with van der Waals surface area (Å²) in [6, 6.07) is 0. The van der Waals surface area contributed by atoms with Gasteiger partial charge < -0.3 is 34.1 Å². The summed E-state index contributed by atoms with van der Waals surface area (Å²) < 4.78 is 43.9. The molecule has 4 aromatic heterocycles. The molecule has 0 aliphatic carbocycles. The standard InChI is InChI=1S/C17H20N10O9P2S2/c18-17-22-14-10(15(29)23-17)24-25-27(14)16-12-11(28)8(35-16)4-33-37(30,39)32-2-1-26-9(5-34-38(31,40)36-12)21-7-3-19-6-20-13(7)26/h3,6,8,11-12,16,28H,1-2,4-5H2,(H,30,39)(H,31,40)(H3,18,22,23,29)/t8-,11-,12-,16-,37?,38?/m1/s1. The van der Waals surface area contributed by atoms with E-state index in [1.54, 1.807) is 4.57 Å². The molecule has 2 bridgehead atoms. The predicted octanol–water partition coefficient (Wildman–Crippen LogP) is -0.602. The highest BCUT2D eigenvalue weighted by Crippen LogP contribution is 2.57. The molecule has 2 unspecified atom stereocenters. The van der Waals surface area contributed by atoms with Crippen LogP contribution in [-0.2, 0) is 52.4 Å². The summed E-state index contributed by atoms with van der Waals surface area (Å²) >= 11 is 9.19. The number of aliphatic hydroxyl groups excluding tert-OH is 1. The van der Waals surface area contributed by atoms with E-state index in [0.29, 0.717) is 11.2 Å². The van der Waals surface area contributed by atoms with Crippen LogP contribution >= 0.6 is 25.8 Å². The number of anilines is 1. The van der Waals surface area contributed by atoms with Crippen LogP contribution in [0.3, 0.4) is 0 Å². The lowest BCUT2D eigenvalue weighted by atomic mass is 10.1.